The van der Waals surface area contributed by atoms with Crippen molar-refractivity contribution in [3.8, 4) is 5.75 Å². The molecule has 0 bridgehead atoms. The van der Waals surface area contributed by atoms with Gasteiger partial charge in [-0.3, -0.25) is 9.78 Å². The van der Waals surface area contributed by atoms with Crippen LogP contribution in [0.2, 0.25) is 0 Å². The third-order valence-electron chi connectivity index (χ3n) is 4.46. The molecule has 0 aromatic carbocycles. The number of hydrogen-bond donors (Lipinski definition) is 2. The molecular weight excluding hydrogens is 242 g/mol. The molecule has 4 atom stereocenters. The highest BCUT2D eigenvalue weighted by atomic mass is 16.5. The van der Waals surface area contributed by atoms with Gasteiger partial charge < -0.3 is 15.8 Å². The van der Waals surface area contributed by atoms with Gasteiger partial charge in [-0.1, -0.05) is 0 Å². The smallest absolute Gasteiger partial charge is 0.227 e. The van der Waals surface area contributed by atoms with Gasteiger partial charge in [-0.25, -0.2) is 0 Å². The van der Waals surface area contributed by atoms with Crippen molar-refractivity contribution in [2.75, 3.05) is 12.4 Å². The predicted molar refractivity (Wildman–Crippen MR) is 71.7 cm³/mol. The van der Waals surface area contributed by atoms with Crippen LogP contribution in [0.3, 0.4) is 0 Å². The Kier molecular flexibility index (Phi) is 3.14. The Bertz CT molecular complexity index is 491. The molecule has 0 radical (unpaired) electrons. The summed E-state index contributed by atoms with van der Waals surface area (Å²) in [6.07, 6.45) is 6.23. The molecule has 0 aliphatic heterocycles. The Morgan fingerprint density at radius 3 is 2.95 bits per heavy atom. The zero-order valence-electron chi connectivity index (χ0n) is 11.0. The third kappa shape index (κ3) is 2.30. The molecule has 0 spiro atoms. The van der Waals surface area contributed by atoms with Gasteiger partial charge in [0.15, 0.2) is 0 Å². The first-order chi connectivity index (χ1) is 9.17. The summed E-state index contributed by atoms with van der Waals surface area (Å²) in [6, 6.07) is 2.08. The minimum atomic E-state index is 0.0802. The van der Waals surface area contributed by atoms with Crippen molar-refractivity contribution in [3.63, 3.8) is 0 Å². The number of nitrogens with one attached hydrogen (secondary N) is 1. The summed E-state index contributed by atoms with van der Waals surface area (Å²) in [6.45, 7) is 0. The largest absolute Gasteiger partial charge is 0.495 e. The van der Waals surface area contributed by atoms with E-state index in [2.05, 4.69) is 10.3 Å². The van der Waals surface area contributed by atoms with E-state index in [1.54, 1.807) is 25.6 Å². The number of pyridine rings is 1. The summed E-state index contributed by atoms with van der Waals surface area (Å²) in [4.78, 5) is 16.2. The van der Waals surface area contributed by atoms with Gasteiger partial charge in [0.05, 0.1) is 25.2 Å². The first-order valence-corrected chi connectivity index (χ1v) is 6.73. The van der Waals surface area contributed by atoms with Crippen LogP contribution in [0.15, 0.2) is 18.5 Å². The molecule has 1 aromatic rings. The second-order valence-electron chi connectivity index (χ2n) is 5.59. The van der Waals surface area contributed by atoms with E-state index in [0.29, 0.717) is 29.3 Å². The minimum absolute atomic E-state index is 0.0802. The zero-order chi connectivity index (χ0) is 13.4. The van der Waals surface area contributed by atoms with Gasteiger partial charge in [0.2, 0.25) is 5.91 Å². The van der Waals surface area contributed by atoms with Crippen LogP contribution >= 0.6 is 0 Å². The number of fused-ring (bicyclic) bond motifs is 1. The first kappa shape index (κ1) is 12.4. The second-order valence-corrected chi connectivity index (χ2v) is 5.59. The van der Waals surface area contributed by atoms with E-state index >= 15 is 0 Å². The van der Waals surface area contributed by atoms with Crippen molar-refractivity contribution >= 4 is 11.6 Å². The van der Waals surface area contributed by atoms with E-state index in [1.807, 2.05) is 0 Å². The number of methoxy groups -OCH3 is 1. The summed E-state index contributed by atoms with van der Waals surface area (Å²) in [5.41, 5.74) is 6.65. The maximum atomic E-state index is 12.2. The minimum Gasteiger partial charge on any atom is -0.495 e. The van der Waals surface area contributed by atoms with Crippen LogP contribution in [0.1, 0.15) is 19.3 Å². The van der Waals surface area contributed by atoms with Gasteiger partial charge in [0, 0.05) is 18.0 Å². The molecule has 102 valence electrons. The molecule has 0 saturated heterocycles. The highest BCUT2D eigenvalue weighted by Crippen LogP contribution is 2.49. The number of amides is 1. The van der Waals surface area contributed by atoms with E-state index in [0.717, 1.165) is 19.3 Å². The fraction of sp³-hybridized carbons (Fsp3) is 0.571. The molecule has 2 fully saturated rings. The van der Waals surface area contributed by atoms with Crippen LogP contribution in [0.4, 0.5) is 5.69 Å². The molecule has 19 heavy (non-hydrogen) atoms. The lowest BCUT2D eigenvalue weighted by Gasteiger charge is -2.37. The second kappa shape index (κ2) is 4.81. The standard InChI is InChI=1S/C14H19N3O2/c1-19-11-5-10(6-16-7-11)17-14(18)9-2-8-4-13(15)12(8)3-9/h5-9,12-13H,2-4,15H2,1H3,(H,17,18)/t8-,9?,12-,13+/m1/s1. The van der Waals surface area contributed by atoms with Crippen LogP contribution in [0.25, 0.3) is 0 Å². The highest BCUT2D eigenvalue weighted by Gasteiger charge is 2.47. The zero-order valence-corrected chi connectivity index (χ0v) is 11.0. The average molecular weight is 261 g/mol. The van der Waals surface area contributed by atoms with Gasteiger partial charge in [0.25, 0.3) is 0 Å². The maximum Gasteiger partial charge on any atom is 0.227 e. The quantitative estimate of drug-likeness (QED) is 0.862. The predicted octanol–water partition coefficient (Wildman–Crippen LogP) is 1.40. The fourth-order valence-electron chi connectivity index (χ4n) is 3.34. The summed E-state index contributed by atoms with van der Waals surface area (Å²) >= 11 is 0. The first-order valence-electron chi connectivity index (χ1n) is 6.73. The average Bonchev–Trinajstić information content (AvgIpc) is 2.76. The summed E-state index contributed by atoms with van der Waals surface area (Å²) in [7, 11) is 1.58. The molecule has 1 amide bonds. The monoisotopic (exact) mass is 261 g/mol. The van der Waals surface area contributed by atoms with Crippen LogP contribution in [0.5, 0.6) is 5.75 Å². The molecule has 2 saturated carbocycles. The molecular formula is C14H19N3O2. The number of nitrogens with zero attached hydrogens (tertiary/aromatic N) is 1. The summed E-state index contributed by atoms with van der Waals surface area (Å²) in [5, 5.41) is 2.92. The van der Waals surface area contributed by atoms with Crippen molar-refractivity contribution in [2.45, 2.75) is 25.3 Å². The lowest BCUT2D eigenvalue weighted by atomic mass is 9.72. The van der Waals surface area contributed by atoms with E-state index in [1.165, 1.54) is 0 Å². The lowest BCUT2D eigenvalue weighted by molar-refractivity contribution is -0.119. The van der Waals surface area contributed by atoms with E-state index < -0.39 is 0 Å². The Labute approximate surface area is 112 Å². The van der Waals surface area contributed by atoms with Crippen LogP contribution in [0, 0.1) is 17.8 Å². The van der Waals surface area contributed by atoms with Gasteiger partial charge in [-0.15, -0.1) is 0 Å². The molecule has 2 aliphatic rings. The molecule has 3 rings (SSSR count). The number of rotatable bonds is 3. The van der Waals surface area contributed by atoms with Gasteiger partial charge in [-0.2, -0.15) is 0 Å². The third-order valence-corrected chi connectivity index (χ3v) is 4.46. The van der Waals surface area contributed by atoms with Crippen LogP contribution < -0.4 is 15.8 Å². The molecule has 5 nitrogen and oxygen atoms in total. The summed E-state index contributed by atoms with van der Waals surface area (Å²) < 4.78 is 5.09. The molecule has 1 heterocycles. The lowest BCUT2D eigenvalue weighted by Crippen LogP contribution is -2.44. The molecule has 2 aliphatic carbocycles. The fourth-order valence-corrected chi connectivity index (χ4v) is 3.34. The van der Waals surface area contributed by atoms with E-state index in [-0.39, 0.29) is 11.8 Å². The maximum absolute atomic E-state index is 12.2. The van der Waals surface area contributed by atoms with Crippen molar-refractivity contribution in [1.29, 1.82) is 0 Å². The molecule has 1 unspecified atom stereocenters. The Balaban J connectivity index is 1.62. The molecule has 5 heteroatoms. The Morgan fingerprint density at radius 2 is 2.26 bits per heavy atom. The Morgan fingerprint density at radius 1 is 1.42 bits per heavy atom. The number of anilines is 1. The van der Waals surface area contributed by atoms with Crippen molar-refractivity contribution in [1.82, 2.24) is 4.98 Å². The van der Waals surface area contributed by atoms with Gasteiger partial charge >= 0.3 is 0 Å². The number of hydrogen-bond acceptors (Lipinski definition) is 4. The van der Waals surface area contributed by atoms with E-state index in [9.17, 15) is 4.79 Å². The molecule has 3 N–H and O–H groups in total. The number of ether oxygens (including phenoxy) is 1. The number of carbonyl (C=O) groups excluding carboxylic acids is 1. The SMILES string of the molecule is COc1cncc(NC(=O)C2C[C@@H]3C[C@H](N)[C@@H]3C2)c1. The highest BCUT2D eigenvalue weighted by molar-refractivity contribution is 5.92. The van der Waals surface area contributed by atoms with Crippen molar-refractivity contribution in [2.24, 2.45) is 23.5 Å². The number of nitrogens with two attached hydrogens (primary N) is 1. The van der Waals surface area contributed by atoms with Gasteiger partial charge in [0.1, 0.15) is 5.75 Å². The summed E-state index contributed by atoms with van der Waals surface area (Å²) in [5.74, 6) is 2.03. The topological polar surface area (TPSA) is 77.2 Å². The van der Waals surface area contributed by atoms with E-state index in [4.69, 9.17) is 10.5 Å². The van der Waals surface area contributed by atoms with Crippen molar-refractivity contribution in [3.05, 3.63) is 18.5 Å². The van der Waals surface area contributed by atoms with Crippen molar-refractivity contribution < 1.29 is 9.53 Å². The number of carbonyl (C=O) groups is 1. The van der Waals surface area contributed by atoms with Gasteiger partial charge in [-0.05, 0) is 31.1 Å². The normalized spacial score (nSPS) is 32.3. The van der Waals surface area contributed by atoms with Crippen LogP contribution in [-0.2, 0) is 4.79 Å². The number of aromatic nitrogens is 1. The Hall–Kier alpha value is -1.62. The molecule has 1 aromatic heterocycles. The van der Waals surface area contributed by atoms with Crippen LogP contribution in [-0.4, -0.2) is 24.0 Å².